The molecular weight excluding hydrogens is 328 g/mol. The SMILES string of the molecule is C=NN(/N=C(\C)C12CC(NC(=O)OC(C)(C)C)(C1)C2)c1ccc(C)cc1. The second-order valence-electron chi connectivity index (χ2n) is 8.67. The van der Waals surface area contributed by atoms with Crippen LogP contribution in [0.5, 0.6) is 0 Å². The molecule has 6 nitrogen and oxygen atoms in total. The van der Waals surface area contributed by atoms with Crippen LogP contribution >= 0.6 is 0 Å². The van der Waals surface area contributed by atoms with Crippen LogP contribution in [-0.2, 0) is 4.74 Å². The summed E-state index contributed by atoms with van der Waals surface area (Å²) in [6.45, 7) is 13.3. The lowest BCUT2D eigenvalue weighted by Gasteiger charge is -2.70. The third-order valence-corrected chi connectivity index (χ3v) is 5.21. The Balaban J connectivity index is 1.61. The third-order valence-electron chi connectivity index (χ3n) is 5.21. The van der Waals surface area contributed by atoms with Gasteiger partial charge in [0.2, 0.25) is 0 Å². The van der Waals surface area contributed by atoms with Gasteiger partial charge in [-0.25, -0.2) is 4.79 Å². The molecule has 0 atom stereocenters. The summed E-state index contributed by atoms with van der Waals surface area (Å²) in [6.07, 6.45) is 2.35. The van der Waals surface area contributed by atoms with Gasteiger partial charge in [0.1, 0.15) is 5.60 Å². The molecular formula is C20H28N4O2. The van der Waals surface area contributed by atoms with E-state index in [9.17, 15) is 4.79 Å². The van der Waals surface area contributed by atoms with E-state index in [1.54, 1.807) is 5.12 Å². The van der Waals surface area contributed by atoms with Crippen molar-refractivity contribution in [2.24, 2.45) is 15.6 Å². The van der Waals surface area contributed by atoms with Crippen molar-refractivity contribution in [2.45, 2.75) is 65.0 Å². The molecule has 4 rings (SSSR count). The highest BCUT2D eigenvalue weighted by atomic mass is 16.6. The Morgan fingerprint density at radius 1 is 1.23 bits per heavy atom. The van der Waals surface area contributed by atoms with Crippen LogP contribution in [0.3, 0.4) is 0 Å². The number of hydrazone groups is 2. The van der Waals surface area contributed by atoms with Crippen LogP contribution in [0, 0.1) is 12.3 Å². The Labute approximate surface area is 155 Å². The molecule has 0 saturated heterocycles. The first-order chi connectivity index (χ1) is 12.1. The van der Waals surface area contributed by atoms with Gasteiger partial charge in [0.05, 0.1) is 5.69 Å². The zero-order valence-corrected chi connectivity index (χ0v) is 16.3. The molecule has 0 radical (unpaired) electrons. The number of anilines is 1. The van der Waals surface area contributed by atoms with E-state index in [0.717, 1.165) is 30.7 Å². The minimum absolute atomic E-state index is 0.0582. The number of nitrogens with one attached hydrogen (secondary N) is 1. The lowest BCUT2D eigenvalue weighted by molar-refractivity contribution is -0.0999. The maximum atomic E-state index is 12.0. The molecule has 3 aliphatic carbocycles. The van der Waals surface area contributed by atoms with Crippen LogP contribution < -0.4 is 10.4 Å². The summed E-state index contributed by atoms with van der Waals surface area (Å²) in [5.41, 5.74) is 2.55. The monoisotopic (exact) mass is 356 g/mol. The van der Waals surface area contributed by atoms with Crippen molar-refractivity contribution in [1.82, 2.24) is 5.32 Å². The van der Waals surface area contributed by atoms with E-state index >= 15 is 0 Å². The van der Waals surface area contributed by atoms with Crippen LogP contribution in [0.1, 0.15) is 52.5 Å². The molecule has 6 heteroatoms. The number of rotatable bonds is 5. The molecule has 26 heavy (non-hydrogen) atoms. The van der Waals surface area contributed by atoms with Gasteiger partial charge in [-0.05, 0) is 66.0 Å². The smallest absolute Gasteiger partial charge is 0.408 e. The molecule has 1 aromatic carbocycles. The van der Waals surface area contributed by atoms with E-state index < -0.39 is 5.60 Å². The quantitative estimate of drug-likeness (QED) is 0.634. The van der Waals surface area contributed by atoms with Crippen molar-refractivity contribution in [3.63, 3.8) is 0 Å². The maximum Gasteiger partial charge on any atom is 0.408 e. The van der Waals surface area contributed by atoms with Crippen LogP contribution in [-0.4, -0.2) is 29.7 Å². The van der Waals surface area contributed by atoms with Crippen molar-refractivity contribution in [3.8, 4) is 0 Å². The maximum absolute atomic E-state index is 12.0. The van der Waals surface area contributed by atoms with Crippen molar-refractivity contribution < 1.29 is 9.53 Å². The molecule has 3 aliphatic rings. The minimum Gasteiger partial charge on any atom is -0.444 e. The summed E-state index contributed by atoms with van der Waals surface area (Å²) in [5, 5.41) is 13.3. The molecule has 1 N–H and O–H groups in total. The highest BCUT2D eigenvalue weighted by Gasteiger charge is 2.70. The van der Waals surface area contributed by atoms with E-state index in [2.05, 4.69) is 22.2 Å². The van der Waals surface area contributed by atoms with Gasteiger partial charge in [-0.3, -0.25) is 0 Å². The van der Waals surface area contributed by atoms with E-state index in [0.29, 0.717) is 0 Å². The number of amides is 1. The number of nitrogens with zero attached hydrogens (tertiary/aromatic N) is 3. The lowest BCUT2D eigenvalue weighted by atomic mass is 9.38. The van der Waals surface area contributed by atoms with Crippen molar-refractivity contribution in [2.75, 3.05) is 5.12 Å². The molecule has 1 amide bonds. The summed E-state index contributed by atoms with van der Waals surface area (Å²) >= 11 is 0. The van der Waals surface area contributed by atoms with E-state index in [4.69, 9.17) is 4.74 Å². The van der Waals surface area contributed by atoms with Gasteiger partial charge < -0.3 is 10.1 Å². The Morgan fingerprint density at radius 3 is 2.31 bits per heavy atom. The van der Waals surface area contributed by atoms with Crippen molar-refractivity contribution >= 4 is 24.2 Å². The van der Waals surface area contributed by atoms with Crippen molar-refractivity contribution in [3.05, 3.63) is 29.8 Å². The zero-order valence-electron chi connectivity index (χ0n) is 16.3. The number of carbonyl (C=O) groups is 1. The number of ether oxygens (including phenoxy) is 1. The Morgan fingerprint density at radius 2 is 1.81 bits per heavy atom. The summed E-state index contributed by atoms with van der Waals surface area (Å²) in [5.74, 6) is 0. The van der Waals surface area contributed by atoms with Gasteiger partial charge >= 0.3 is 6.09 Å². The van der Waals surface area contributed by atoms with Crippen LogP contribution in [0.25, 0.3) is 0 Å². The second-order valence-corrected chi connectivity index (χ2v) is 8.67. The summed E-state index contributed by atoms with van der Waals surface area (Å²) < 4.78 is 5.36. The summed E-state index contributed by atoms with van der Waals surface area (Å²) in [6, 6.07) is 8.01. The standard InChI is InChI=1S/C20H28N4O2/c1-14-7-9-16(10-8-14)24(21-6)23-15(2)19-11-20(12-19,13-19)22-17(25)26-18(3,4)5/h7-10H,6,11-13H2,1-5H3,(H,22,25)/b23-15+. The van der Waals surface area contributed by atoms with E-state index in [-0.39, 0.29) is 17.0 Å². The predicted molar refractivity (Wildman–Crippen MR) is 105 cm³/mol. The molecule has 3 fully saturated rings. The summed E-state index contributed by atoms with van der Waals surface area (Å²) in [4.78, 5) is 12.0. The molecule has 0 aromatic heterocycles. The van der Waals surface area contributed by atoms with Gasteiger partial charge in [-0.2, -0.15) is 15.3 Å². The molecule has 3 saturated carbocycles. The average molecular weight is 356 g/mol. The van der Waals surface area contributed by atoms with Gasteiger partial charge in [0, 0.05) is 23.4 Å². The van der Waals surface area contributed by atoms with Gasteiger partial charge in [-0.15, -0.1) is 0 Å². The summed E-state index contributed by atoms with van der Waals surface area (Å²) in [7, 11) is 0. The van der Waals surface area contributed by atoms with Crippen LogP contribution in [0.2, 0.25) is 0 Å². The zero-order chi connectivity index (χ0) is 19.2. The Hall–Kier alpha value is -2.37. The van der Waals surface area contributed by atoms with Gasteiger partial charge in [0.25, 0.3) is 0 Å². The topological polar surface area (TPSA) is 66.3 Å². The second kappa shape index (κ2) is 6.11. The highest BCUT2D eigenvalue weighted by Crippen LogP contribution is 2.67. The lowest BCUT2D eigenvalue weighted by Crippen LogP contribution is -2.77. The number of benzene rings is 1. The number of hydrogen-bond donors (Lipinski definition) is 1. The predicted octanol–water partition coefficient (Wildman–Crippen LogP) is 4.24. The molecule has 0 heterocycles. The van der Waals surface area contributed by atoms with Gasteiger partial charge in [0.15, 0.2) is 0 Å². The number of aryl methyl sites for hydroxylation is 1. The van der Waals surface area contributed by atoms with Gasteiger partial charge in [-0.1, -0.05) is 17.7 Å². The normalized spacial score (nSPS) is 27.0. The first kappa shape index (κ1) is 18.4. The first-order valence-corrected chi connectivity index (χ1v) is 8.97. The largest absolute Gasteiger partial charge is 0.444 e. The molecule has 0 aliphatic heterocycles. The molecule has 140 valence electrons. The average Bonchev–Trinajstić information content (AvgIpc) is 2.46. The minimum atomic E-state index is -0.479. The van der Waals surface area contributed by atoms with Crippen molar-refractivity contribution in [1.29, 1.82) is 0 Å². The number of carbonyl (C=O) groups excluding carboxylic acids is 1. The first-order valence-electron chi connectivity index (χ1n) is 8.97. The van der Waals surface area contributed by atoms with Crippen LogP contribution in [0.4, 0.5) is 10.5 Å². The van der Waals surface area contributed by atoms with E-state index in [1.807, 2.05) is 58.9 Å². The molecule has 2 bridgehead atoms. The molecule has 0 spiro atoms. The number of hydrogen-bond acceptors (Lipinski definition) is 5. The Bertz CT molecular complexity index is 726. The molecule has 0 unspecified atom stereocenters. The Kier molecular flexibility index (Phi) is 4.33. The van der Waals surface area contributed by atoms with E-state index in [1.165, 1.54) is 5.56 Å². The fourth-order valence-electron chi connectivity index (χ4n) is 3.92. The fraction of sp³-hybridized carbons (Fsp3) is 0.550. The fourth-order valence-corrected chi connectivity index (χ4v) is 3.92. The molecule has 1 aromatic rings. The number of alkyl carbamates (subject to hydrolysis) is 1. The highest BCUT2D eigenvalue weighted by molar-refractivity contribution is 5.93. The van der Waals surface area contributed by atoms with Crippen LogP contribution in [0.15, 0.2) is 34.5 Å². The third kappa shape index (κ3) is 3.45.